The topological polar surface area (TPSA) is 82.7 Å². The number of unbranched alkanes of at least 4 members (excludes halogenated alkanes) is 9. The van der Waals surface area contributed by atoms with E-state index in [-0.39, 0.29) is 6.61 Å². The van der Waals surface area contributed by atoms with Crippen molar-refractivity contribution in [1.82, 2.24) is 0 Å². The fraction of sp³-hybridized carbons (Fsp3) is 0.789. The van der Waals surface area contributed by atoms with Crippen LogP contribution in [0.15, 0.2) is 10.7 Å². The third-order valence-corrected chi connectivity index (χ3v) is 5.85. The first-order chi connectivity index (χ1) is 12.2. The van der Waals surface area contributed by atoms with Gasteiger partial charge in [0.15, 0.2) is 5.69 Å². The van der Waals surface area contributed by atoms with Gasteiger partial charge in [0.25, 0.3) is 0 Å². The lowest BCUT2D eigenvalue weighted by Gasteiger charge is -2.02. The fourth-order valence-corrected chi connectivity index (χ4v) is 4.08. The van der Waals surface area contributed by atoms with E-state index in [0.29, 0.717) is 12.3 Å². The van der Waals surface area contributed by atoms with Crippen LogP contribution in [0, 0.1) is 6.92 Å². The lowest BCUT2D eigenvalue weighted by molar-refractivity contribution is -0.698. The fourth-order valence-electron chi connectivity index (χ4n) is 3.07. The van der Waals surface area contributed by atoms with Gasteiger partial charge in [-0.2, -0.15) is 4.57 Å². The van der Waals surface area contributed by atoms with Crippen molar-refractivity contribution in [2.45, 2.75) is 90.5 Å². The number of aromatic nitrogens is 1. The Bertz CT molecular complexity index is 489. The van der Waals surface area contributed by atoms with Gasteiger partial charge in [-0.25, -0.2) is 0 Å². The van der Waals surface area contributed by atoms with Gasteiger partial charge < -0.3 is 16.0 Å². The highest BCUT2D eigenvalue weighted by atomic mass is 32.1. The molecule has 0 radical (unpaired) electrons. The first-order valence-corrected chi connectivity index (χ1v) is 10.6. The molecule has 0 spiro atoms. The van der Waals surface area contributed by atoms with Crippen molar-refractivity contribution in [1.29, 1.82) is 0 Å². The Morgan fingerprint density at radius 1 is 1.04 bits per heavy atom. The Labute approximate surface area is 156 Å². The van der Waals surface area contributed by atoms with Gasteiger partial charge in [-0.15, -0.1) is 0 Å². The van der Waals surface area contributed by atoms with Crippen molar-refractivity contribution in [3.05, 3.63) is 16.1 Å². The van der Waals surface area contributed by atoms with Crippen LogP contribution in [0.25, 0.3) is 0 Å². The van der Waals surface area contributed by atoms with Crippen LogP contribution in [-0.4, -0.2) is 22.8 Å². The Morgan fingerprint density at radius 2 is 1.60 bits per heavy atom. The van der Waals surface area contributed by atoms with Gasteiger partial charge in [-0.3, -0.25) is 0 Å². The standard InChI is InChI=1S/C19H35N3O2S/c1-17-18(13-15-23)25-16-22(17)14-11-9-7-5-3-2-4-6-8-10-12-19(20)21-24/h16,23H,2-15H2,1H3,(H2-,20,21,24)/p+1. The molecular formula is C19H36N3O2S+. The molecule has 25 heavy (non-hydrogen) atoms. The summed E-state index contributed by atoms with van der Waals surface area (Å²) in [6.07, 6.45) is 14.1. The molecule has 0 aromatic carbocycles. The van der Waals surface area contributed by atoms with Crippen molar-refractivity contribution in [3.8, 4) is 0 Å². The van der Waals surface area contributed by atoms with Crippen LogP contribution in [0.2, 0.25) is 0 Å². The van der Waals surface area contributed by atoms with Crippen LogP contribution >= 0.6 is 11.3 Å². The maximum absolute atomic E-state index is 9.04. The zero-order valence-corrected chi connectivity index (χ0v) is 16.6. The highest BCUT2D eigenvalue weighted by Gasteiger charge is 2.13. The minimum Gasteiger partial charge on any atom is -0.409 e. The average Bonchev–Trinajstić information content (AvgIpc) is 2.96. The number of aliphatic hydroxyl groups is 1. The lowest BCUT2D eigenvalue weighted by atomic mass is 10.1. The molecule has 0 aliphatic rings. The van der Waals surface area contributed by atoms with Crippen LogP contribution in [0.3, 0.4) is 0 Å². The predicted molar refractivity (Wildman–Crippen MR) is 104 cm³/mol. The quantitative estimate of drug-likeness (QED) is 0.109. The van der Waals surface area contributed by atoms with Gasteiger partial charge in [0.1, 0.15) is 12.4 Å². The van der Waals surface area contributed by atoms with E-state index in [2.05, 4.69) is 22.2 Å². The number of aryl methyl sites for hydroxylation is 1. The van der Waals surface area contributed by atoms with Crippen molar-refractivity contribution in [3.63, 3.8) is 0 Å². The van der Waals surface area contributed by atoms with Crippen LogP contribution in [0.5, 0.6) is 0 Å². The number of thiazole rings is 1. The molecule has 0 saturated carbocycles. The van der Waals surface area contributed by atoms with Gasteiger partial charge in [-0.1, -0.05) is 61.4 Å². The molecule has 1 rings (SSSR count). The van der Waals surface area contributed by atoms with Gasteiger partial charge in [0.2, 0.25) is 5.51 Å². The van der Waals surface area contributed by atoms with Gasteiger partial charge in [-0.05, 0) is 12.8 Å². The maximum atomic E-state index is 9.04. The monoisotopic (exact) mass is 370 g/mol. The van der Waals surface area contributed by atoms with Crippen molar-refractivity contribution < 1.29 is 14.9 Å². The van der Waals surface area contributed by atoms with E-state index in [0.717, 1.165) is 19.4 Å². The lowest BCUT2D eigenvalue weighted by Crippen LogP contribution is -2.34. The Kier molecular flexibility index (Phi) is 12.3. The Morgan fingerprint density at radius 3 is 2.16 bits per heavy atom. The number of hydrogen-bond donors (Lipinski definition) is 3. The molecule has 0 amide bonds. The number of oxime groups is 1. The third-order valence-electron chi connectivity index (χ3n) is 4.71. The first-order valence-electron chi connectivity index (χ1n) is 9.72. The van der Waals surface area contributed by atoms with Gasteiger partial charge >= 0.3 is 0 Å². The summed E-state index contributed by atoms with van der Waals surface area (Å²) >= 11 is 1.76. The normalized spacial score (nSPS) is 12.0. The van der Waals surface area contributed by atoms with Crippen LogP contribution in [0.4, 0.5) is 0 Å². The molecule has 1 heterocycles. The maximum Gasteiger partial charge on any atom is 0.225 e. The molecule has 0 aliphatic heterocycles. The third kappa shape index (κ3) is 9.80. The highest BCUT2D eigenvalue weighted by molar-refractivity contribution is 7.09. The summed E-state index contributed by atoms with van der Waals surface area (Å²) in [5, 5.41) is 20.5. The summed E-state index contributed by atoms with van der Waals surface area (Å²) in [6, 6.07) is 0. The predicted octanol–water partition coefficient (Wildman–Crippen LogP) is 3.92. The number of nitrogens with zero attached hydrogens (tertiary/aromatic N) is 2. The van der Waals surface area contributed by atoms with Crippen molar-refractivity contribution in [2.75, 3.05) is 6.61 Å². The smallest absolute Gasteiger partial charge is 0.225 e. The summed E-state index contributed by atoms with van der Waals surface area (Å²) in [4.78, 5) is 1.31. The summed E-state index contributed by atoms with van der Waals surface area (Å²) < 4.78 is 2.34. The zero-order valence-electron chi connectivity index (χ0n) is 15.8. The summed E-state index contributed by atoms with van der Waals surface area (Å²) in [5.41, 5.74) is 8.96. The summed E-state index contributed by atoms with van der Waals surface area (Å²) in [5.74, 6) is 0.348. The van der Waals surface area contributed by atoms with Crippen LogP contribution in [0.1, 0.15) is 81.2 Å². The van der Waals surface area contributed by atoms with E-state index >= 15 is 0 Å². The second-order valence-electron chi connectivity index (χ2n) is 6.78. The van der Waals surface area contributed by atoms with E-state index in [1.54, 1.807) is 11.3 Å². The molecule has 0 atom stereocenters. The van der Waals surface area contributed by atoms with E-state index < -0.39 is 0 Å². The van der Waals surface area contributed by atoms with E-state index in [1.807, 2.05) is 0 Å². The molecule has 1 aromatic rings. The number of hydrogen-bond acceptors (Lipinski definition) is 4. The van der Waals surface area contributed by atoms with E-state index in [4.69, 9.17) is 16.0 Å². The minimum atomic E-state index is 0.242. The molecular weight excluding hydrogens is 334 g/mol. The number of amidine groups is 1. The number of rotatable bonds is 15. The molecule has 0 unspecified atom stereocenters. The van der Waals surface area contributed by atoms with Crippen LogP contribution in [-0.2, 0) is 13.0 Å². The SMILES string of the molecule is Cc1c(CCO)sc[n+]1CCCCCCCCCCCC/C(N)=N/O. The molecule has 5 nitrogen and oxygen atoms in total. The second kappa shape index (κ2) is 14.1. The Hall–Kier alpha value is -1.14. The highest BCUT2D eigenvalue weighted by Crippen LogP contribution is 2.13. The molecule has 1 aromatic heterocycles. The van der Waals surface area contributed by atoms with E-state index in [9.17, 15) is 0 Å². The molecule has 0 aliphatic carbocycles. The molecule has 0 bridgehead atoms. The molecule has 0 saturated heterocycles. The number of nitrogens with two attached hydrogens (primary N) is 1. The molecule has 144 valence electrons. The van der Waals surface area contributed by atoms with Crippen molar-refractivity contribution >= 4 is 17.2 Å². The Balaban J connectivity index is 1.91. The molecule has 0 fully saturated rings. The number of aliphatic hydroxyl groups excluding tert-OH is 1. The summed E-state index contributed by atoms with van der Waals surface area (Å²) in [6.45, 7) is 3.51. The molecule has 6 heteroatoms. The zero-order chi connectivity index (χ0) is 18.3. The van der Waals surface area contributed by atoms with Gasteiger partial charge in [0.05, 0.1) is 4.88 Å². The van der Waals surface area contributed by atoms with Crippen molar-refractivity contribution in [2.24, 2.45) is 10.9 Å². The average molecular weight is 371 g/mol. The van der Waals surface area contributed by atoms with Gasteiger partial charge in [0, 0.05) is 32.8 Å². The second-order valence-corrected chi connectivity index (χ2v) is 7.72. The molecule has 4 N–H and O–H groups in total. The first kappa shape index (κ1) is 21.9. The minimum absolute atomic E-state index is 0.242. The van der Waals surface area contributed by atoms with Crippen LogP contribution < -0.4 is 10.3 Å². The largest absolute Gasteiger partial charge is 0.409 e. The summed E-state index contributed by atoms with van der Waals surface area (Å²) in [7, 11) is 0. The van der Waals surface area contributed by atoms with E-state index in [1.165, 1.54) is 68.4 Å².